The first-order valence-corrected chi connectivity index (χ1v) is 8.83. The number of ether oxygens (including phenoxy) is 1. The van der Waals surface area contributed by atoms with Crippen LogP contribution in [0.4, 0.5) is 0 Å². The van der Waals surface area contributed by atoms with Gasteiger partial charge in [0.15, 0.2) is 0 Å². The van der Waals surface area contributed by atoms with Crippen LogP contribution in [0.5, 0.6) is 5.75 Å². The molecule has 0 bridgehead atoms. The Morgan fingerprint density at radius 1 is 1.42 bits per heavy atom. The molecule has 1 fully saturated rings. The molecule has 0 heterocycles. The second-order valence-electron chi connectivity index (χ2n) is 5.98. The first-order valence-electron chi connectivity index (χ1n) is 8.46. The summed E-state index contributed by atoms with van der Waals surface area (Å²) in [7, 11) is 0. The van der Waals surface area contributed by atoms with Gasteiger partial charge in [-0.05, 0) is 37.9 Å². The molecular weight excluding hydrogens is 326 g/mol. The van der Waals surface area contributed by atoms with Crippen molar-refractivity contribution in [1.82, 2.24) is 10.2 Å². The van der Waals surface area contributed by atoms with Crippen molar-refractivity contribution in [3.05, 3.63) is 28.3 Å². The first kappa shape index (κ1) is 18.6. The molecule has 0 aliphatic heterocycles. The number of nitrogens with zero attached hydrogens (tertiary/aromatic N) is 2. The largest absolute Gasteiger partial charge is 0.492 e. The molecule has 1 aliphatic rings. The Balaban J connectivity index is 2.07. The average molecular weight is 350 g/mol. The number of rotatable bonds is 9. The van der Waals surface area contributed by atoms with E-state index in [1.165, 1.54) is 6.07 Å². The number of hydrogen-bond acceptors (Lipinski definition) is 4. The molecule has 1 saturated carbocycles. The SMILES string of the molecule is CCN(CC)CCNC(=O)c1cc(C#N)c(Cl)cc1OCC1CC1. The standard InChI is InChI=1S/C18H24ClN3O2/c1-3-22(4-2)8-7-21-18(23)15-9-14(11-20)16(19)10-17(15)24-12-13-5-6-13/h9-10,13H,3-8,12H2,1-2H3,(H,21,23). The second kappa shape index (κ2) is 8.91. The summed E-state index contributed by atoms with van der Waals surface area (Å²) in [6.07, 6.45) is 2.32. The predicted octanol–water partition coefficient (Wildman–Crippen LogP) is 3.07. The molecule has 5 nitrogen and oxygen atoms in total. The van der Waals surface area contributed by atoms with Gasteiger partial charge in [-0.15, -0.1) is 0 Å². The topological polar surface area (TPSA) is 65.4 Å². The molecule has 0 unspecified atom stereocenters. The van der Waals surface area contributed by atoms with Gasteiger partial charge in [0, 0.05) is 19.2 Å². The molecule has 1 N–H and O–H groups in total. The molecule has 6 heteroatoms. The average Bonchev–Trinajstić information content (AvgIpc) is 3.41. The van der Waals surface area contributed by atoms with Crippen LogP contribution in [-0.2, 0) is 0 Å². The molecule has 1 aromatic rings. The van der Waals surface area contributed by atoms with Gasteiger partial charge in [-0.1, -0.05) is 25.4 Å². The Kier molecular flexibility index (Phi) is 6.89. The number of benzene rings is 1. The van der Waals surface area contributed by atoms with E-state index in [1.54, 1.807) is 6.07 Å². The van der Waals surface area contributed by atoms with Crippen LogP contribution < -0.4 is 10.1 Å². The summed E-state index contributed by atoms with van der Waals surface area (Å²) in [6, 6.07) is 5.09. The van der Waals surface area contributed by atoms with Crippen molar-refractivity contribution in [3.8, 4) is 11.8 Å². The van der Waals surface area contributed by atoms with Crippen molar-refractivity contribution >= 4 is 17.5 Å². The van der Waals surface area contributed by atoms with Crippen LogP contribution in [0, 0.1) is 17.2 Å². The Labute approximate surface area is 148 Å². The van der Waals surface area contributed by atoms with Crippen molar-refractivity contribution in [3.63, 3.8) is 0 Å². The van der Waals surface area contributed by atoms with E-state index in [1.807, 2.05) is 6.07 Å². The minimum atomic E-state index is -0.235. The zero-order valence-corrected chi connectivity index (χ0v) is 15.0. The summed E-state index contributed by atoms with van der Waals surface area (Å²) in [5.41, 5.74) is 0.653. The van der Waals surface area contributed by atoms with Crippen LogP contribution in [-0.4, -0.2) is 43.6 Å². The molecule has 1 aromatic carbocycles. The highest BCUT2D eigenvalue weighted by molar-refractivity contribution is 6.32. The zero-order valence-electron chi connectivity index (χ0n) is 14.3. The zero-order chi connectivity index (χ0) is 17.5. The van der Waals surface area contributed by atoms with Gasteiger partial charge < -0.3 is 15.0 Å². The van der Waals surface area contributed by atoms with Gasteiger partial charge in [0.2, 0.25) is 0 Å². The van der Waals surface area contributed by atoms with E-state index in [9.17, 15) is 4.79 Å². The first-order chi connectivity index (χ1) is 11.6. The van der Waals surface area contributed by atoms with Crippen molar-refractivity contribution in [1.29, 1.82) is 5.26 Å². The molecule has 0 radical (unpaired) electrons. The summed E-state index contributed by atoms with van der Waals surface area (Å²) < 4.78 is 5.77. The third-order valence-corrected chi connectivity index (χ3v) is 4.53. The van der Waals surface area contributed by atoms with E-state index < -0.39 is 0 Å². The Morgan fingerprint density at radius 2 is 2.12 bits per heavy atom. The lowest BCUT2D eigenvalue weighted by Crippen LogP contribution is -2.35. The fourth-order valence-corrected chi connectivity index (χ4v) is 2.59. The molecule has 0 atom stereocenters. The van der Waals surface area contributed by atoms with Crippen molar-refractivity contribution in [2.45, 2.75) is 26.7 Å². The number of hydrogen-bond donors (Lipinski definition) is 1. The number of likely N-dealkylation sites (N-methyl/N-ethyl adjacent to an activating group) is 1. The molecule has 0 spiro atoms. The van der Waals surface area contributed by atoms with Gasteiger partial charge in [0.1, 0.15) is 11.8 Å². The Bertz CT molecular complexity index is 619. The molecule has 130 valence electrons. The van der Waals surface area contributed by atoms with Crippen LogP contribution in [0.2, 0.25) is 5.02 Å². The minimum absolute atomic E-state index is 0.235. The summed E-state index contributed by atoms with van der Waals surface area (Å²) in [4.78, 5) is 14.7. The predicted molar refractivity (Wildman–Crippen MR) is 94.5 cm³/mol. The lowest BCUT2D eigenvalue weighted by Gasteiger charge is -2.18. The maximum Gasteiger partial charge on any atom is 0.255 e. The van der Waals surface area contributed by atoms with E-state index in [4.69, 9.17) is 21.6 Å². The van der Waals surface area contributed by atoms with Gasteiger partial charge >= 0.3 is 0 Å². The smallest absolute Gasteiger partial charge is 0.255 e. The quantitative estimate of drug-likeness (QED) is 0.744. The number of carbonyl (C=O) groups excluding carboxylic acids is 1. The van der Waals surface area contributed by atoms with E-state index >= 15 is 0 Å². The van der Waals surface area contributed by atoms with E-state index in [-0.39, 0.29) is 11.5 Å². The number of amides is 1. The monoisotopic (exact) mass is 349 g/mol. The molecule has 0 aromatic heterocycles. The Hall–Kier alpha value is -1.77. The normalized spacial score (nSPS) is 13.6. The van der Waals surface area contributed by atoms with Gasteiger partial charge in [0.05, 0.1) is 22.8 Å². The third kappa shape index (κ3) is 5.12. The van der Waals surface area contributed by atoms with Crippen molar-refractivity contribution in [2.75, 3.05) is 32.8 Å². The van der Waals surface area contributed by atoms with Gasteiger partial charge in [-0.3, -0.25) is 4.79 Å². The molecule has 24 heavy (non-hydrogen) atoms. The van der Waals surface area contributed by atoms with Crippen molar-refractivity contribution in [2.24, 2.45) is 5.92 Å². The third-order valence-electron chi connectivity index (χ3n) is 4.21. The minimum Gasteiger partial charge on any atom is -0.492 e. The van der Waals surface area contributed by atoms with Gasteiger partial charge in [0.25, 0.3) is 5.91 Å². The number of carbonyl (C=O) groups is 1. The highest BCUT2D eigenvalue weighted by Crippen LogP contribution is 2.32. The molecule has 1 amide bonds. The molecule has 2 rings (SSSR count). The van der Waals surface area contributed by atoms with Crippen LogP contribution in [0.15, 0.2) is 12.1 Å². The van der Waals surface area contributed by atoms with Crippen LogP contribution >= 0.6 is 11.6 Å². The summed E-state index contributed by atoms with van der Waals surface area (Å²) in [5, 5.41) is 12.4. The lowest BCUT2D eigenvalue weighted by atomic mass is 10.1. The van der Waals surface area contributed by atoms with Crippen LogP contribution in [0.25, 0.3) is 0 Å². The van der Waals surface area contributed by atoms with Crippen molar-refractivity contribution < 1.29 is 9.53 Å². The second-order valence-corrected chi connectivity index (χ2v) is 6.38. The van der Waals surface area contributed by atoms with Crippen LogP contribution in [0.3, 0.4) is 0 Å². The Morgan fingerprint density at radius 3 is 2.71 bits per heavy atom. The number of nitrogens with one attached hydrogen (secondary N) is 1. The van der Waals surface area contributed by atoms with Crippen LogP contribution in [0.1, 0.15) is 42.6 Å². The highest BCUT2D eigenvalue weighted by Gasteiger charge is 2.24. The molecule has 0 saturated heterocycles. The van der Waals surface area contributed by atoms with E-state index in [2.05, 4.69) is 24.1 Å². The summed E-state index contributed by atoms with van der Waals surface area (Å²) in [5.74, 6) is 0.783. The maximum absolute atomic E-state index is 12.5. The summed E-state index contributed by atoms with van der Waals surface area (Å²) >= 11 is 6.08. The van der Waals surface area contributed by atoms with Gasteiger partial charge in [-0.25, -0.2) is 0 Å². The fraction of sp³-hybridized carbons (Fsp3) is 0.556. The number of halogens is 1. The summed E-state index contributed by atoms with van der Waals surface area (Å²) in [6.45, 7) is 8.00. The number of nitriles is 1. The highest BCUT2D eigenvalue weighted by atomic mass is 35.5. The lowest BCUT2D eigenvalue weighted by molar-refractivity contribution is 0.0944. The van der Waals surface area contributed by atoms with Gasteiger partial charge in [-0.2, -0.15) is 5.26 Å². The molecule has 1 aliphatic carbocycles. The molecular formula is C18H24ClN3O2. The van der Waals surface area contributed by atoms with E-state index in [0.29, 0.717) is 35.4 Å². The maximum atomic E-state index is 12.5. The fourth-order valence-electron chi connectivity index (χ4n) is 2.39. The van der Waals surface area contributed by atoms with E-state index in [0.717, 1.165) is 32.5 Å².